The first-order valence-corrected chi connectivity index (χ1v) is 7.37. The van der Waals surface area contributed by atoms with Crippen molar-refractivity contribution in [2.75, 3.05) is 14.2 Å². The fourth-order valence-electron chi connectivity index (χ4n) is 1.84. The van der Waals surface area contributed by atoms with Gasteiger partial charge in [-0.2, -0.15) is 0 Å². The number of benzene rings is 2. The molecule has 0 atom stereocenters. The van der Waals surface area contributed by atoms with Crippen LogP contribution < -0.4 is 29.6 Å². The molecule has 2 rings (SSSR count). The first kappa shape index (κ1) is 31.8. The zero-order valence-corrected chi connectivity index (χ0v) is 18.1. The SMILES string of the molecule is CO.COC(=O)c1cc(F)cc(CO)c1.O=C(O)c1cc(F)cc(CO)c1.[Na+].[OH-]. The Kier molecular flexibility index (Phi) is 18.6. The normalized spacial score (nSPS) is 8.66. The molecule has 0 heterocycles. The van der Waals surface area contributed by atoms with Crippen molar-refractivity contribution in [2.24, 2.45) is 0 Å². The Bertz CT molecular complexity index is 772. The maximum Gasteiger partial charge on any atom is 1.00 e. The summed E-state index contributed by atoms with van der Waals surface area (Å²) in [6.45, 7) is -0.667. The summed E-state index contributed by atoms with van der Waals surface area (Å²) in [7, 11) is 2.21. The van der Waals surface area contributed by atoms with Gasteiger partial charge in [-0.05, 0) is 47.5 Å². The van der Waals surface area contributed by atoms with Crippen LogP contribution in [-0.2, 0) is 18.0 Å². The third kappa shape index (κ3) is 11.6. The number of carbonyl (C=O) groups is 2. The molecular weight excluding hydrogens is 405 g/mol. The number of carboxylic acid groups (broad SMARTS) is 1. The number of esters is 1. The molecule has 0 unspecified atom stereocenters. The number of hydrogen-bond donors (Lipinski definition) is 4. The number of carbonyl (C=O) groups excluding carboxylic acids is 1. The third-order valence-electron chi connectivity index (χ3n) is 2.95. The molecule has 0 aromatic heterocycles. The Balaban J connectivity index is -0.000000404. The van der Waals surface area contributed by atoms with Crippen LogP contribution in [0.5, 0.6) is 0 Å². The van der Waals surface area contributed by atoms with E-state index in [2.05, 4.69) is 4.74 Å². The van der Waals surface area contributed by atoms with E-state index in [1.54, 1.807) is 0 Å². The van der Waals surface area contributed by atoms with Crippen LogP contribution in [0, 0.1) is 11.6 Å². The zero-order valence-electron chi connectivity index (χ0n) is 16.1. The van der Waals surface area contributed by atoms with Gasteiger partial charge in [0.2, 0.25) is 0 Å². The van der Waals surface area contributed by atoms with Gasteiger partial charge in [0.15, 0.2) is 0 Å². The molecule has 11 heteroatoms. The van der Waals surface area contributed by atoms with E-state index in [-0.39, 0.29) is 64.9 Å². The number of carboxylic acids is 1. The smallest absolute Gasteiger partial charge is 0.870 e. The van der Waals surface area contributed by atoms with Crippen LogP contribution in [0.2, 0.25) is 0 Å². The molecule has 0 spiro atoms. The van der Waals surface area contributed by atoms with Crippen molar-refractivity contribution in [3.8, 4) is 0 Å². The third-order valence-corrected chi connectivity index (χ3v) is 2.95. The fraction of sp³-hybridized carbons (Fsp3) is 0.222. The number of ether oxygens (including phenoxy) is 1. The quantitative estimate of drug-likeness (QED) is 0.342. The number of aliphatic hydroxyl groups excluding tert-OH is 3. The second kappa shape index (κ2) is 17.0. The molecule has 0 bridgehead atoms. The number of aliphatic hydroxyl groups is 3. The van der Waals surface area contributed by atoms with Gasteiger partial charge in [0, 0.05) is 7.11 Å². The number of aromatic carboxylic acids is 1. The van der Waals surface area contributed by atoms with Crippen LogP contribution in [0.25, 0.3) is 0 Å². The van der Waals surface area contributed by atoms with Gasteiger partial charge in [-0.1, -0.05) is 0 Å². The van der Waals surface area contributed by atoms with E-state index in [0.717, 1.165) is 31.4 Å². The van der Waals surface area contributed by atoms with E-state index >= 15 is 0 Å². The van der Waals surface area contributed by atoms with Crippen molar-refractivity contribution in [3.63, 3.8) is 0 Å². The molecule has 2 aromatic rings. The van der Waals surface area contributed by atoms with Crippen LogP contribution in [0.1, 0.15) is 31.8 Å². The molecule has 0 saturated carbocycles. The summed E-state index contributed by atoms with van der Waals surface area (Å²) < 4.78 is 29.8. The summed E-state index contributed by atoms with van der Waals surface area (Å²) >= 11 is 0. The van der Waals surface area contributed by atoms with Crippen LogP contribution in [0.3, 0.4) is 0 Å². The molecule has 0 fully saturated rings. The molecule has 0 saturated heterocycles. The molecule has 0 radical (unpaired) electrons. The van der Waals surface area contributed by atoms with Gasteiger partial charge in [0.05, 0.1) is 31.5 Å². The summed E-state index contributed by atoms with van der Waals surface area (Å²) in [4.78, 5) is 21.3. The Morgan fingerprint density at radius 1 is 0.862 bits per heavy atom. The molecule has 5 N–H and O–H groups in total. The first-order chi connectivity index (χ1) is 12.8. The number of halogens is 2. The van der Waals surface area contributed by atoms with Gasteiger partial charge in [0.25, 0.3) is 0 Å². The maximum atomic E-state index is 12.8. The Labute approximate surface area is 188 Å². The fourth-order valence-corrected chi connectivity index (χ4v) is 1.84. The summed E-state index contributed by atoms with van der Waals surface area (Å²) in [6, 6.07) is 6.83. The van der Waals surface area contributed by atoms with E-state index in [1.807, 2.05) is 0 Å². The number of methoxy groups -OCH3 is 1. The second-order valence-corrected chi connectivity index (χ2v) is 4.81. The van der Waals surface area contributed by atoms with Crippen molar-refractivity contribution >= 4 is 11.9 Å². The van der Waals surface area contributed by atoms with Crippen molar-refractivity contribution in [1.82, 2.24) is 0 Å². The molecule has 0 aliphatic rings. The van der Waals surface area contributed by atoms with Crippen LogP contribution >= 0.6 is 0 Å². The first-order valence-electron chi connectivity index (χ1n) is 7.37. The van der Waals surface area contributed by atoms with Crippen LogP contribution in [-0.4, -0.2) is 52.1 Å². The maximum absolute atomic E-state index is 12.8. The van der Waals surface area contributed by atoms with Gasteiger partial charge < -0.3 is 30.6 Å². The zero-order chi connectivity index (χ0) is 21.0. The number of rotatable bonds is 4. The van der Waals surface area contributed by atoms with Crippen molar-refractivity contribution in [3.05, 3.63) is 70.3 Å². The van der Waals surface area contributed by atoms with Crippen LogP contribution in [0.15, 0.2) is 36.4 Å². The average molecular weight is 426 g/mol. The van der Waals surface area contributed by atoms with E-state index in [9.17, 15) is 18.4 Å². The molecule has 29 heavy (non-hydrogen) atoms. The average Bonchev–Trinajstić information content (AvgIpc) is 2.68. The summed E-state index contributed by atoms with van der Waals surface area (Å²) in [6.07, 6.45) is 0. The summed E-state index contributed by atoms with van der Waals surface area (Å²) in [5.41, 5.74) is 0.554. The predicted molar refractivity (Wildman–Crippen MR) is 93.0 cm³/mol. The van der Waals surface area contributed by atoms with Gasteiger partial charge >= 0.3 is 41.5 Å². The van der Waals surface area contributed by atoms with E-state index in [4.69, 9.17) is 20.4 Å². The summed E-state index contributed by atoms with van der Waals surface area (Å²) in [5, 5.41) is 32.8. The molecule has 2 aromatic carbocycles. The van der Waals surface area contributed by atoms with E-state index < -0.39 is 23.6 Å². The van der Waals surface area contributed by atoms with Crippen LogP contribution in [0.4, 0.5) is 8.78 Å². The second-order valence-electron chi connectivity index (χ2n) is 4.81. The minimum atomic E-state index is -1.20. The monoisotopic (exact) mass is 426 g/mol. The molecule has 0 amide bonds. The predicted octanol–water partition coefficient (Wildman–Crippen LogP) is -1.44. The van der Waals surface area contributed by atoms with Crippen molar-refractivity contribution in [1.29, 1.82) is 0 Å². The molecule has 0 aliphatic heterocycles. The van der Waals surface area contributed by atoms with E-state index in [0.29, 0.717) is 5.56 Å². The number of hydrogen-bond acceptors (Lipinski definition) is 7. The van der Waals surface area contributed by atoms with Gasteiger partial charge in [-0.25, -0.2) is 18.4 Å². The molecule has 156 valence electrons. The largest absolute Gasteiger partial charge is 1.00 e. The van der Waals surface area contributed by atoms with Crippen molar-refractivity contribution < 1.29 is 78.6 Å². The Morgan fingerprint density at radius 3 is 1.59 bits per heavy atom. The van der Waals surface area contributed by atoms with Gasteiger partial charge in [0.1, 0.15) is 11.6 Å². The minimum absolute atomic E-state index is 0. The Hall–Kier alpha value is -1.92. The van der Waals surface area contributed by atoms with Gasteiger partial charge in [-0.15, -0.1) is 0 Å². The van der Waals surface area contributed by atoms with Gasteiger partial charge in [-0.3, -0.25) is 0 Å². The molecular formula is C18H21F2NaO8. The minimum Gasteiger partial charge on any atom is -0.870 e. The standard InChI is InChI=1S/C9H9FO3.C8H7FO3.CH4O.Na.H2O/c1-13-9(12)7-2-6(5-11)3-8(10)4-7;9-7-2-5(4-10)1-6(3-7)8(11)12;1-2;;/h2-4,11H,5H2,1H3;1-3,10H,4H2,(H,11,12);2H,1H3;;1H2/q;;;+1;/p-1. The topological polar surface area (TPSA) is 154 Å². The molecule has 0 aliphatic carbocycles. The van der Waals surface area contributed by atoms with E-state index in [1.165, 1.54) is 19.2 Å². The van der Waals surface area contributed by atoms with Crippen molar-refractivity contribution in [2.45, 2.75) is 13.2 Å². The molecule has 8 nitrogen and oxygen atoms in total. The summed E-state index contributed by atoms with van der Waals surface area (Å²) in [5.74, 6) is -3.04. The Morgan fingerprint density at radius 2 is 1.24 bits per heavy atom.